The average Bonchev–Trinajstić information content (AvgIpc) is 2.84. The summed E-state index contributed by atoms with van der Waals surface area (Å²) in [6, 6.07) is 25.8. The molecule has 33 heavy (non-hydrogen) atoms. The topological polar surface area (TPSA) is 0 Å². The zero-order valence-electron chi connectivity index (χ0n) is 19.2. The Bertz CT molecular complexity index is 1370. The van der Waals surface area contributed by atoms with Crippen molar-refractivity contribution in [3.8, 4) is 23.7 Å². The summed E-state index contributed by atoms with van der Waals surface area (Å²) in [6.45, 7) is 4.23. The van der Waals surface area contributed by atoms with E-state index < -0.39 is 0 Å². The van der Waals surface area contributed by atoms with E-state index in [0.29, 0.717) is 5.39 Å². The molecule has 0 fully saturated rings. The highest BCUT2D eigenvalue weighted by atomic mass is 19.1. The summed E-state index contributed by atoms with van der Waals surface area (Å²) in [4.78, 5) is 0. The van der Waals surface area contributed by atoms with Crippen LogP contribution in [0.4, 0.5) is 4.39 Å². The Labute approximate surface area is 196 Å². The third kappa shape index (κ3) is 5.91. The number of rotatable bonds is 4. The zero-order chi connectivity index (χ0) is 23.0. The summed E-state index contributed by atoms with van der Waals surface area (Å²) in [7, 11) is 0. The minimum absolute atomic E-state index is 0.0922. The van der Waals surface area contributed by atoms with E-state index in [1.54, 1.807) is 0 Å². The number of aryl methyl sites for hydroxylation is 2. The summed E-state index contributed by atoms with van der Waals surface area (Å²) in [6.07, 6.45) is 4.09. The largest absolute Gasteiger partial charge is 0.206 e. The van der Waals surface area contributed by atoms with E-state index >= 15 is 0 Å². The molecule has 0 aliphatic carbocycles. The van der Waals surface area contributed by atoms with Crippen LogP contribution >= 0.6 is 0 Å². The van der Waals surface area contributed by atoms with Crippen LogP contribution in [0.15, 0.2) is 78.9 Å². The predicted molar refractivity (Wildman–Crippen MR) is 137 cm³/mol. The Morgan fingerprint density at radius 3 is 1.79 bits per heavy atom. The van der Waals surface area contributed by atoms with Crippen LogP contribution in [-0.4, -0.2) is 0 Å². The van der Waals surface area contributed by atoms with Gasteiger partial charge in [-0.05, 0) is 79.2 Å². The van der Waals surface area contributed by atoms with Gasteiger partial charge in [-0.1, -0.05) is 79.3 Å². The van der Waals surface area contributed by atoms with Gasteiger partial charge >= 0.3 is 0 Å². The maximum absolute atomic E-state index is 14.9. The van der Waals surface area contributed by atoms with E-state index in [1.807, 2.05) is 66.7 Å². The fourth-order valence-corrected chi connectivity index (χ4v) is 3.74. The molecule has 4 aromatic rings. The lowest BCUT2D eigenvalue weighted by atomic mass is 10.00. The SMILES string of the molecule is CCCCCc1ccc2cc(C#Cc3ccc(C#Cc4ccc(C)cc4)cc3)ccc2c1F. The molecule has 0 saturated heterocycles. The first-order chi connectivity index (χ1) is 16.1. The summed E-state index contributed by atoms with van der Waals surface area (Å²) in [5.74, 6) is 12.7. The van der Waals surface area contributed by atoms with Gasteiger partial charge in [-0.25, -0.2) is 4.39 Å². The van der Waals surface area contributed by atoms with Crippen LogP contribution in [0, 0.1) is 36.4 Å². The first-order valence-corrected chi connectivity index (χ1v) is 11.5. The molecule has 0 heterocycles. The van der Waals surface area contributed by atoms with Crippen LogP contribution in [0.25, 0.3) is 10.8 Å². The second kappa shape index (κ2) is 10.7. The maximum Gasteiger partial charge on any atom is 0.134 e. The molecule has 4 rings (SSSR count). The van der Waals surface area contributed by atoms with Crippen molar-refractivity contribution in [2.75, 3.05) is 0 Å². The van der Waals surface area contributed by atoms with Crippen molar-refractivity contribution in [1.29, 1.82) is 0 Å². The lowest BCUT2D eigenvalue weighted by Crippen LogP contribution is -1.93. The van der Waals surface area contributed by atoms with Crippen molar-refractivity contribution < 1.29 is 4.39 Å². The van der Waals surface area contributed by atoms with Gasteiger partial charge in [0.2, 0.25) is 0 Å². The summed E-state index contributed by atoms with van der Waals surface area (Å²) < 4.78 is 14.9. The van der Waals surface area contributed by atoms with Gasteiger partial charge in [0.25, 0.3) is 0 Å². The van der Waals surface area contributed by atoms with Crippen molar-refractivity contribution in [2.45, 2.75) is 39.5 Å². The minimum atomic E-state index is -0.0922. The third-order valence-electron chi connectivity index (χ3n) is 5.72. The van der Waals surface area contributed by atoms with Crippen molar-refractivity contribution in [2.24, 2.45) is 0 Å². The highest BCUT2D eigenvalue weighted by Crippen LogP contribution is 2.23. The molecule has 0 aromatic heterocycles. The summed E-state index contributed by atoms with van der Waals surface area (Å²) in [5.41, 5.74) is 5.80. The second-order valence-electron chi connectivity index (χ2n) is 8.38. The molecule has 0 nitrogen and oxygen atoms in total. The van der Waals surface area contributed by atoms with Crippen LogP contribution in [-0.2, 0) is 6.42 Å². The highest BCUT2D eigenvalue weighted by Gasteiger charge is 2.07. The van der Waals surface area contributed by atoms with Crippen LogP contribution in [0.2, 0.25) is 0 Å². The lowest BCUT2D eigenvalue weighted by Gasteiger charge is -2.07. The van der Waals surface area contributed by atoms with Crippen LogP contribution in [0.5, 0.6) is 0 Å². The normalized spacial score (nSPS) is 10.3. The number of halogens is 1. The van der Waals surface area contributed by atoms with Gasteiger partial charge < -0.3 is 0 Å². The van der Waals surface area contributed by atoms with Crippen LogP contribution in [0.1, 0.15) is 59.6 Å². The van der Waals surface area contributed by atoms with E-state index in [1.165, 1.54) is 5.56 Å². The van der Waals surface area contributed by atoms with Gasteiger partial charge in [-0.3, -0.25) is 0 Å². The summed E-state index contributed by atoms with van der Waals surface area (Å²) in [5, 5.41) is 1.56. The molecule has 0 amide bonds. The van der Waals surface area contributed by atoms with Gasteiger partial charge in [-0.2, -0.15) is 0 Å². The molecule has 0 radical (unpaired) electrons. The van der Waals surface area contributed by atoms with Gasteiger partial charge in [0, 0.05) is 27.6 Å². The number of fused-ring (bicyclic) bond motifs is 1. The molecule has 0 bridgehead atoms. The Hall–Kier alpha value is -3.81. The van der Waals surface area contributed by atoms with Crippen LogP contribution < -0.4 is 0 Å². The van der Waals surface area contributed by atoms with E-state index in [-0.39, 0.29) is 5.82 Å². The Morgan fingerprint density at radius 1 is 0.636 bits per heavy atom. The molecule has 0 aliphatic heterocycles. The molecular formula is C32H27F. The molecule has 1 heteroatoms. The second-order valence-corrected chi connectivity index (χ2v) is 8.38. The first-order valence-electron chi connectivity index (χ1n) is 11.5. The van der Waals surface area contributed by atoms with Crippen molar-refractivity contribution in [3.05, 3.63) is 118 Å². The number of hydrogen-bond donors (Lipinski definition) is 0. The van der Waals surface area contributed by atoms with Crippen molar-refractivity contribution in [1.82, 2.24) is 0 Å². The molecular weight excluding hydrogens is 403 g/mol. The van der Waals surface area contributed by atoms with Gasteiger partial charge in [-0.15, -0.1) is 0 Å². The van der Waals surface area contributed by atoms with Crippen molar-refractivity contribution >= 4 is 10.8 Å². The molecule has 0 spiro atoms. The minimum Gasteiger partial charge on any atom is -0.206 e. The van der Waals surface area contributed by atoms with Gasteiger partial charge in [0.05, 0.1) is 0 Å². The first kappa shape index (κ1) is 22.4. The third-order valence-corrected chi connectivity index (χ3v) is 5.72. The molecule has 162 valence electrons. The molecule has 0 atom stereocenters. The van der Waals surface area contributed by atoms with Crippen molar-refractivity contribution in [3.63, 3.8) is 0 Å². The summed E-state index contributed by atoms with van der Waals surface area (Å²) >= 11 is 0. The monoisotopic (exact) mass is 430 g/mol. The molecule has 4 aromatic carbocycles. The van der Waals surface area contributed by atoms with Gasteiger partial charge in [0.1, 0.15) is 5.82 Å². The van der Waals surface area contributed by atoms with Crippen LogP contribution in [0.3, 0.4) is 0 Å². The smallest absolute Gasteiger partial charge is 0.134 e. The Balaban J connectivity index is 1.47. The molecule has 0 aliphatic rings. The zero-order valence-corrected chi connectivity index (χ0v) is 19.2. The molecule has 0 N–H and O–H groups in total. The highest BCUT2D eigenvalue weighted by molar-refractivity contribution is 5.85. The predicted octanol–water partition coefficient (Wildman–Crippen LogP) is 7.82. The van der Waals surface area contributed by atoms with Gasteiger partial charge in [0.15, 0.2) is 0 Å². The fourth-order valence-electron chi connectivity index (χ4n) is 3.74. The number of hydrogen-bond acceptors (Lipinski definition) is 0. The van der Waals surface area contributed by atoms with E-state index in [2.05, 4.69) is 49.7 Å². The quantitative estimate of drug-likeness (QED) is 0.229. The maximum atomic E-state index is 14.9. The molecule has 0 saturated carbocycles. The lowest BCUT2D eigenvalue weighted by molar-refractivity contribution is 0.609. The van der Waals surface area contributed by atoms with E-state index in [9.17, 15) is 4.39 Å². The molecule has 0 unspecified atom stereocenters. The average molecular weight is 431 g/mol. The van der Waals surface area contributed by atoms with E-state index in [0.717, 1.165) is 58.9 Å². The Morgan fingerprint density at radius 2 is 1.18 bits per heavy atom. The Kier molecular flexibility index (Phi) is 7.24. The number of unbranched alkanes of at least 4 members (excludes halogenated alkanes) is 2. The number of benzene rings is 4. The van der Waals surface area contributed by atoms with E-state index in [4.69, 9.17) is 0 Å². The standard InChI is InChI=1S/C32H27F/c1-3-4-5-6-29-20-21-30-23-28(19-22-31(30)32(29)33)18-17-27-15-13-26(14-16-27)12-11-25-9-7-24(2)8-10-25/h7-10,13-16,19-23H,3-6H2,1-2H3. The fraction of sp³-hybridized carbons (Fsp3) is 0.188.